The molecule has 0 amide bonds. The van der Waals surface area contributed by atoms with Gasteiger partial charge in [-0.15, -0.1) is 0 Å². The quantitative estimate of drug-likeness (QED) is 0.162. The molecule has 0 unspecified atom stereocenters. The van der Waals surface area contributed by atoms with E-state index in [4.69, 9.17) is 4.11 Å². The lowest BCUT2D eigenvalue weighted by Gasteiger charge is -2.45. The van der Waals surface area contributed by atoms with Crippen molar-refractivity contribution in [2.45, 2.75) is 156 Å². The van der Waals surface area contributed by atoms with E-state index in [1.807, 2.05) is 12.1 Å². The summed E-state index contributed by atoms with van der Waals surface area (Å²) >= 11 is 0. The Balaban J connectivity index is 1.45. The monoisotopic (exact) mass is 756 g/mol. The van der Waals surface area contributed by atoms with Crippen LogP contribution in [-0.4, -0.2) is 6.71 Å². The summed E-state index contributed by atoms with van der Waals surface area (Å²) in [4.78, 5) is 4.88. The molecule has 4 aliphatic rings. The van der Waals surface area contributed by atoms with Crippen LogP contribution >= 0.6 is 0 Å². The fourth-order valence-electron chi connectivity index (χ4n) is 11.9. The maximum absolute atomic E-state index is 9.02. The molecule has 0 spiro atoms. The molecule has 0 saturated carbocycles. The molecule has 57 heavy (non-hydrogen) atoms. The largest absolute Gasteiger partial charge is 0.311 e. The molecule has 2 heterocycles. The third kappa shape index (κ3) is 5.64. The van der Waals surface area contributed by atoms with E-state index in [1.165, 1.54) is 49.8 Å². The van der Waals surface area contributed by atoms with Crippen molar-refractivity contribution >= 4 is 57.2 Å². The Bertz CT molecular complexity index is 2650. The summed E-state index contributed by atoms with van der Waals surface area (Å²) < 4.78 is 27.1. The zero-order valence-corrected chi connectivity index (χ0v) is 37.4. The van der Waals surface area contributed by atoms with Gasteiger partial charge in [-0.3, -0.25) is 0 Å². The van der Waals surface area contributed by atoms with Gasteiger partial charge in [-0.2, -0.15) is 0 Å². The number of hydrogen-bond donors (Lipinski definition) is 0. The van der Waals surface area contributed by atoms with Gasteiger partial charge < -0.3 is 9.80 Å². The fourth-order valence-corrected chi connectivity index (χ4v) is 11.9. The first-order chi connectivity index (χ1) is 27.5. The van der Waals surface area contributed by atoms with Gasteiger partial charge in [-0.05, 0) is 162 Å². The van der Waals surface area contributed by atoms with E-state index >= 15 is 0 Å². The first-order valence-electron chi connectivity index (χ1n) is 22.9. The second kappa shape index (κ2) is 11.7. The highest BCUT2D eigenvalue weighted by Gasteiger charge is 2.49. The van der Waals surface area contributed by atoms with E-state index in [9.17, 15) is 0 Å². The molecule has 0 atom stereocenters. The van der Waals surface area contributed by atoms with Gasteiger partial charge in [0.25, 0.3) is 6.71 Å². The van der Waals surface area contributed by atoms with Crippen molar-refractivity contribution in [3.63, 3.8) is 0 Å². The van der Waals surface area contributed by atoms with E-state index < -0.39 is 6.85 Å². The molecule has 0 saturated heterocycles. The lowest BCUT2D eigenvalue weighted by atomic mass is 9.33. The van der Waals surface area contributed by atoms with Crippen LogP contribution in [0.1, 0.15) is 158 Å². The summed E-state index contributed by atoms with van der Waals surface area (Å²) in [5, 5.41) is 0. The molecule has 9 rings (SSSR count). The highest BCUT2D eigenvalue weighted by Crippen LogP contribution is 2.55. The molecule has 5 aromatic carbocycles. The Morgan fingerprint density at radius 1 is 0.509 bits per heavy atom. The van der Waals surface area contributed by atoms with Gasteiger partial charge in [0.15, 0.2) is 0 Å². The maximum Gasteiger partial charge on any atom is 0.252 e. The van der Waals surface area contributed by atoms with E-state index in [1.54, 1.807) is 0 Å². The van der Waals surface area contributed by atoms with Gasteiger partial charge in [-0.25, -0.2) is 0 Å². The molecule has 2 aliphatic carbocycles. The molecule has 0 aromatic heterocycles. The summed E-state index contributed by atoms with van der Waals surface area (Å²) in [6.07, 6.45) is 2.14. The number of fused-ring (bicyclic) bond motifs is 6. The van der Waals surface area contributed by atoms with Crippen LogP contribution < -0.4 is 26.2 Å². The number of nitrogens with zero attached hydrogens (tertiary/aromatic N) is 2. The van der Waals surface area contributed by atoms with Crippen LogP contribution in [0.25, 0.3) is 0 Å². The molecule has 3 heteroatoms. The van der Waals surface area contributed by atoms with Crippen LogP contribution in [0, 0.1) is 13.8 Å². The van der Waals surface area contributed by atoms with Crippen LogP contribution in [0.15, 0.2) is 78.9 Å². The Morgan fingerprint density at radius 2 is 1.02 bits per heavy atom. The van der Waals surface area contributed by atoms with Crippen LogP contribution in [0.3, 0.4) is 0 Å². The molecular formula is C54H65BN2. The van der Waals surface area contributed by atoms with Crippen molar-refractivity contribution in [1.29, 1.82) is 0 Å². The van der Waals surface area contributed by atoms with Crippen LogP contribution in [0.5, 0.6) is 0 Å². The normalized spacial score (nSPS) is 20.2. The number of anilines is 6. The van der Waals surface area contributed by atoms with Gasteiger partial charge in [0.05, 0.1) is 0 Å². The Hall–Kier alpha value is -4.24. The van der Waals surface area contributed by atoms with Crippen LogP contribution in [-0.2, 0) is 32.5 Å². The Kier molecular flexibility index (Phi) is 7.14. The van der Waals surface area contributed by atoms with Gasteiger partial charge in [0, 0.05) is 38.2 Å². The predicted octanol–water partition coefficient (Wildman–Crippen LogP) is 12.9. The smallest absolute Gasteiger partial charge is 0.252 e. The van der Waals surface area contributed by atoms with Crippen molar-refractivity contribution in [3.05, 3.63) is 123 Å². The summed E-state index contributed by atoms with van der Waals surface area (Å²) in [6, 6.07) is 30.2. The minimum absolute atomic E-state index is 0.000224. The SMILES string of the molecule is [2H]C([2H])([2H])c1cc2c3c(c1)N(c1cc(C(C)(C)C)ccc1C)c1cc(C(C)(C)C)ccc1B3c1cc3c(cc1N2c1ccc2c(c1)C(C)(C)CC2(C)C)C(C)(C)CC3(C)C. The van der Waals surface area contributed by atoms with Gasteiger partial charge in [0.2, 0.25) is 0 Å². The number of aryl methyl sites for hydroxylation is 2. The second-order valence-electron chi connectivity index (χ2n) is 22.9. The first kappa shape index (κ1) is 34.8. The number of hydrogen-bond acceptors (Lipinski definition) is 2. The Morgan fingerprint density at radius 3 is 1.61 bits per heavy atom. The van der Waals surface area contributed by atoms with Crippen molar-refractivity contribution < 1.29 is 4.11 Å². The topological polar surface area (TPSA) is 6.48 Å². The van der Waals surface area contributed by atoms with E-state index in [0.717, 1.165) is 52.5 Å². The van der Waals surface area contributed by atoms with Crippen molar-refractivity contribution in [1.82, 2.24) is 0 Å². The van der Waals surface area contributed by atoms with Gasteiger partial charge in [0.1, 0.15) is 0 Å². The van der Waals surface area contributed by atoms with E-state index in [2.05, 4.69) is 180 Å². The van der Waals surface area contributed by atoms with Gasteiger partial charge in [-0.1, -0.05) is 133 Å². The van der Waals surface area contributed by atoms with Crippen molar-refractivity contribution in [2.75, 3.05) is 9.80 Å². The van der Waals surface area contributed by atoms with Crippen LogP contribution in [0.4, 0.5) is 34.1 Å². The molecule has 0 bridgehead atoms. The van der Waals surface area contributed by atoms with Crippen molar-refractivity contribution in [3.8, 4) is 0 Å². The van der Waals surface area contributed by atoms with E-state index in [0.29, 0.717) is 5.56 Å². The zero-order valence-electron chi connectivity index (χ0n) is 40.4. The lowest BCUT2D eigenvalue weighted by Crippen LogP contribution is -2.61. The summed E-state index contributed by atoms with van der Waals surface area (Å²) in [5.41, 5.74) is 19.6. The Labute approximate surface area is 349 Å². The van der Waals surface area contributed by atoms with E-state index in [-0.39, 0.29) is 39.2 Å². The minimum atomic E-state index is -2.33. The second-order valence-corrected chi connectivity index (χ2v) is 22.9. The highest BCUT2D eigenvalue weighted by molar-refractivity contribution is 7.00. The molecule has 2 nitrogen and oxygen atoms in total. The number of benzene rings is 5. The molecule has 0 fully saturated rings. The predicted molar refractivity (Wildman–Crippen MR) is 249 cm³/mol. The average molecular weight is 756 g/mol. The summed E-state index contributed by atoms with van der Waals surface area (Å²) in [5.74, 6) is 0. The summed E-state index contributed by atoms with van der Waals surface area (Å²) in [6.45, 7) is 32.6. The standard InChI is InChI=1S/C54H65BN2/c1-32-23-46-48-47(24-32)57(43-25-34(49(3,4)5)18-17-33(43)2)44-26-35(50(6,7)8)19-22-41(44)55(48)42-28-39-40(54(15,16)31-53(39,13)14)29-45(42)56(46)36-20-21-37-38(27-36)52(11,12)30-51(37,9)10/h17-29H,30-31H2,1-16H3/i1D3. The minimum Gasteiger partial charge on any atom is -0.311 e. The first-order valence-corrected chi connectivity index (χ1v) is 21.4. The maximum atomic E-state index is 9.02. The molecule has 5 aromatic rings. The zero-order chi connectivity index (χ0) is 43.7. The lowest BCUT2D eigenvalue weighted by molar-refractivity contribution is 0.403. The third-order valence-corrected chi connectivity index (χ3v) is 14.3. The molecule has 294 valence electrons. The van der Waals surface area contributed by atoms with Crippen LogP contribution in [0.2, 0.25) is 0 Å². The summed E-state index contributed by atoms with van der Waals surface area (Å²) in [7, 11) is 0. The molecular weight excluding hydrogens is 687 g/mol. The highest BCUT2D eigenvalue weighted by atomic mass is 15.2. The third-order valence-electron chi connectivity index (χ3n) is 14.3. The average Bonchev–Trinajstić information content (AvgIpc) is 3.42. The van der Waals surface area contributed by atoms with Gasteiger partial charge >= 0.3 is 0 Å². The molecule has 2 aliphatic heterocycles. The molecule has 0 radical (unpaired) electrons. The number of rotatable bonds is 2. The van der Waals surface area contributed by atoms with Crippen molar-refractivity contribution in [2.24, 2.45) is 0 Å². The molecule has 0 N–H and O–H groups in total. The fraction of sp³-hybridized carbons (Fsp3) is 0.444.